The predicted octanol–water partition coefficient (Wildman–Crippen LogP) is 2.45. The number of carbonyl (C=O) groups is 2. The summed E-state index contributed by atoms with van der Waals surface area (Å²) in [6.45, 7) is 2.99. The maximum absolute atomic E-state index is 12.0. The van der Waals surface area contributed by atoms with Crippen molar-refractivity contribution in [1.29, 1.82) is 0 Å². The molecule has 6 heteroatoms. The molecule has 0 atom stereocenters. The Hall–Kier alpha value is -0.880. The molecular formula is C10H12BrNO3S. The van der Waals surface area contributed by atoms with Gasteiger partial charge in [-0.1, -0.05) is 0 Å². The van der Waals surface area contributed by atoms with Crippen LogP contribution in [0.4, 0.5) is 0 Å². The zero-order valence-electron chi connectivity index (χ0n) is 9.15. The molecular weight excluding hydrogens is 294 g/mol. The lowest BCUT2D eigenvalue weighted by Crippen LogP contribution is -2.50. The monoisotopic (exact) mass is 305 g/mol. The fourth-order valence-corrected chi connectivity index (χ4v) is 2.39. The molecule has 0 spiro atoms. The van der Waals surface area contributed by atoms with Gasteiger partial charge in [-0.3, -0.25) is 4.79 Å². The summed E-state index contributed by atoms with van der Waals surface area (Å²) in [4.78, 5) is 24.7. The van der Waals surface area contributed by atoms with E-state index >= 15 is 0 Å². The van der Waals surface area contributed by atoms with Gasteiger partial charge in [0.25, 0.3) is 5.91 Å². The van der Waals surface area contributed by atoms with Gasteiger partial charge < -0.3 is 10.0 Å². The van der Waals surface area contributed by atoms with Crippen LogP contribution < -0.4 is 0 Å². The number of aliphatic carboxylic acids is 1. The van der Waals surface area contributed by atoms with Crippen molar-refractivity contribution in [1.82, 2.24) is 4.90 Å². The molecule has 0 fully saturated rings. The van der Waals surface area contributed by atoms with Crippen LogP contribution in [0.5, 0.6) is 0 Å². The highest BCUT2D eigenvalue weighted by Crippen LogP contribution is 2.23. The van der Waals surface area contributed by atoms with Crippen LogP contribution in [-0.4, -0.2) is 34.5 Å². The fourth-order valence-electron chi connectivity index (χ4n) is 0.988. The summed E-state index contributed by atoms with van der Waals surface area (Å²) in [6, 6.07) is 1.68. The molecule has 0 aliphatic carbocycles. The zero-order chi connectivity index (χ0) is 12.5. The van der Waals surface area contributed by atoms with Crippen molar-refractivity contribution in [2.24, 2.45) is 0 Å². The maximum Gasteiger partial charge on any atom is 0.329 e. The molecule has 0 bridgehead atoms. The van der Waals surface area contributed by atoms with Gasteiger partial charge in [0.15, 0.2) is 0 Å². The number of amides is 1. The summed E-state index contributed by atoms with van der Waals surface area (Å²) in [5, 5.41) is 10.8. The number of carboxylic acids is 1. The van der Waals surface area contributed by atoms with Crippen molar-refractivity contribution in [2.45, 2.75) is 19.4 Å². The Morgan fingerprint density at radius 1 is 1.50 bits per heavy atom. The third-order valence-corrected chi connectivity index (χ3v) is 4.12. The Labute approximate surface area is 106 Å². The lowest BCUT2D eigenvalue weighted by Gasteiger charge is -2.31. The Morgan fingerprint density at radius 3 is 2.44 bits per heavy atom. The standard InChI is InChI=1S/C10H12BrNO3S/c1-10(2,9(14)15)12(3)8(13)7-4-6(11)5-16-7/h4-5H,1-3H3,(H,14,15). The summed E-state index contributed by atoms with van der Waals surface area (Å²) in [5.41, 5.74) is -1.21. The van der Waals surface area contributed by atoms with Gasteiger partial charge in [0.1, 0.15) is 5.54 Å². The number of carboxylic acid groups (broad SMARTS) is 1. The molecule has 1 rings (SSSR count). The number of nitrogens with zero attached hydrogens (tertiary/aromatic N) is 1. The summed E-state index contributed by atoms with van der Waals surface area (Å²) in [5.74, 6) is -1.32. The molecule has 0 saturated heterocycles. The van der Waals surface area contributed by atoms with Crippen LogP contribution in [0.1, 0.15) is 23.5 Å². The SMILES string of the molecule is CN(C(=O)c1cc(Br)cs1)C(C)(C)C(=O)O. The van der Waals surface area contributed by atoms with Crippen molar-refractivity contribution >= 4 is 39.1 Å². The molecule has 1 amide bonds. The fraction of sp³-hybridized carbons (Fsp3) is 0.400. The van der Waals surface area contributed by atoms with Crippen LogP contribution in [0.25, 0.3) is 0 Å². The Balaban J connectivity index is 2.95. The minimum atomic E-state index is -1.21. The van der Waals surface area contributed by atoms with Gasteiger partial charge in [-0.15, -0.1) is 11.3 Å². The number of carbonyl (C=O) groups excluding carboxylic acids is 1. The van der Waals surface area contributed by atoms with E-state index in [4.69, 9.17) is 5.11 Å². The molecule has 0 aromatic carbocycles. The van der Waals surface area contributed by atoms with Gasteiger partial charge in [0.2, 0.25) is 0 Å². The van der Waals surface area contributed by atoms with Crippen molar-refractivity contribution in [3.63, 3.8) is 0 Å². The van der Waals surface area contributed by atoms with Crippen LogP contribution in [0.15, 0.2) is 15.9 Å². The van der Waals surface area contributed by atoms with Crippen molar-refractivity contribution in [2.75, 3.05) is 7.05 Å². The number of halogens is 1. The van der Waals surface area contributed by atoms with Crippen molar-refractivity contribution in [3.8, 4) is 0 Å². The second-order valence-corrected chi connectivity index (χ2v) is 5.68. The van der Waals surface area contributed by atoms with Gasteiger partial charge in [0, 0.05) is 16.9 Å². The van der Waals surface area contributed by atoms with Crippen LogP contribution in [0.3, 0.4) is 0 Å². The second-order valence-electron chi connectivity index (χ2n) is 3.86. The quantitative estimate of drug-likeness (QED) is 0.933. The van der Waals surface area contributed by atoms with Crippen LogP contribution in [0, 0.1) is 0 Å². The topological polar surface area (TPSA) is 57.6 Å². The molecule has 0 saturated carbocycles. The predicted molar refractivity (Wildman–Crippen MR) is 65.8 cm³/mol. The third kappa shape index (κ3) is 2.44. The number of thiophene rings is 1. The molecule has 4 nitrogen and oxygen atoms in total. The minimum absolute atomic E-state index is 0.289. The highest BCUT2D eigenvalue weighted by molar-refractivity contribution is 9.10. The molecule has 0 aliphatic heterocycles. The first-order valence-electron chi connectivity index (χ1n) is 4.52. The van der Waals surface area contributed by atoms with Crippen LogP contribution in [0.2, 0.25) is 0 Å². The van der Waals surface area contributed by atoms with E-state index in [9.17, 15) is 9.59 Å². The molecule has 88 valence electrons. The first-order valence-corrected chi connectivity index (χ1v) is 6.19. The maximum atomic E-state index is 12.0. The molecule has 0 unspecified atom stereocenters. The zero-order valence-corrected chi connectivity index (χ0v) is 11.6. The molecule has 1 N–H and O–H groups in total. The van der Waals surface area contributed by atoms with Crippen LogP contribution in [-0.2, 0) is 4.79 Å². The third-order valence-electron chi connectivity index (χ3n) is 2.44. The minimum Gasteiger partial charge on any atom is -0.480 e. The molecule has 0 aliphatic rings. The second kappa shape index (κ2) is 4.55. The molecule has 1 aromatic rings. The van der Waals surface area contributed by atoms with E-state index in [1.54, 1.807) is 11.4 Å². The van der Waals surface area contributed by atoms with E-state index in [1.165, 1.54) is 37.1 Å². The van der Waals surface area contributed by atoms with E-state index in [2.05, 4.69) is 15.9 Å². The lowest BCUT2D eigenvalue weighted by atomic mass is 10.0. The molecule has 1 heterocycles. The van der Waals surface area contributed by atoms with Gasteiger partial charge in [-0.2, -0.15) is 0 Å². The van der Waals surface area contributed by atoms with Gasteiger partial charge in [-0.25, -0.2) is 4.79 Å². The smallest absolute Gasteiger partial charge is 0.329 e. The molecule has 16 heavy (non-hydrogen) atoms. The van der Waals surface area contributed by atoms with Crippen molar-refractivity contribution < 1.29 is 14.7 Å². The largest absolute Gasteiger partial charge is 0.480 e. The summed E-state index contributed by atoms with van der Waals surface area (Å²) in [7, 11) is 1.49. The summed E-state index contributed by atoms with van der Waals surface area (Å²) in [6.07, 6.45) is 0. The van der Waals surface area contributed by atoms with Gasteiger partial charge in [-0.05, 0) is 35.8 Å². The summed E-state index contributed by atoms with van der Waals surface area (Å²) >= 11 is 4.54. The van der Waals surface area contributed by atoms with E-state index in [-0.39, 0.29) is 5.91 Å². The normalized spacial score (nSPS) is 11.2. The average molecular weight is 306 g/mol. The Morgan fingerprint density at radius 2 is 2.06 bits per heavy atom. The highest BCUT2D eigenvalue weighted by atomic mass is 79.9. The number of rotatable bonds is 3. The van der Waals surface area contributed by atoms with E-state index < -0.39 is 11.5 Å². The Kier molecular flexibility index (Phi) is 3.75. The first kappa shape index (κ1) is 13.2. The van der Waals surface area contributed by atoms with Gasteiger partial charge >= 0.3 is 5.97 Å². The average Bonchev–Trinajstić information content (AvgIpc) is 2.62. The van der Waals surface area contributed by atoms with Crippen molar-refractivity contribution in [3.05, 3.63) is 20.8 Å². The number of hydrogen-bond acceptors (Lipinski definition) is 3. The molecule has 0 radical (unpaired) electrons. The van der Waals surface area contributed by atoms with E-state index in [0.29, 0.717) is 4.88 Å². The summed E-state index contributed by atoms with van der Waals surface area (Å²) < 4.78 is 0.822. The molecule has 1 aromatic heterocycles. The lowest BCUT2D eigenvalue weighted by molar-refractivity contribution is -0.147. The number of likely N-dealkylation sites (N-methyl/N-ethyl adjacent to an activating group) is 1. The highest BCUT2D eigenvalue weighted by Gasteiger charge is 2.35. The van der Waals surface area contributed by atoms with Gasteiger partial charge in [0.05, 0.1) is 4.88 Å². The first-order chi connectivity index (χ1) is 7.26. The van der Waals surface area contributed by atoms with E-state index in [1.807, 2.05) is 0 Å². The Bertz CT molecular complexity index is 427. The number of hydrogen-bond donors (Lipinski definition) is 1. The van der Waals surface area contributed by atoms with E-state index in [0.717, 1.165) is 4.47 Å². The van der Waals surface area contributed by atoms with Crippen LogP contribution >= 0.6 is 27.3 Å².